The summed E-state index contributed by atoms with van der Waals surface area (Å²) >= 11 is 0. The van der Waals surface area contributed by atoms with Crippen LogP contribution in [-0.2, 0) is 19.1 Å². The lowest BCUT2D eigenvalue weighted by atomic mass is 9.86. The number of rotatable bonds is 12. The Balaban J connectivity index is 0. The van der Waals surface area contributed by atoms with Gasteiger partial charge in [-0.25, -0.2) is 0 Å². The Morgan fingerprint density at radius 3 is 1.81 bits per heavy atom. The second kappa shape index (κ2) is 13.2. The van der Waals surface area contributed by atoms with Gasteiger partial charge in [0.2, 0.25) is 0 Å². The number of nitrogens with zero attached hydrogens (tertiary/aromatic N) is 1. The third-order valence-electron chi connectivity index (χ3n) is 4.12. The van der Waals surface area contributed by atoms with E-state index >= 15 is 0 Å². The van der Waals surface area contributed by atoms with Crippen molar-refractivity contribution in [1.29, 1.82) is 0 Å². The Bertz CT molecular complexity index is 433. The molecule has 1 unspecified atom stereocenters. The molecule has 0 aromatic carbocycles. The Labute approximate surface area is 166 Å². The van der Waals surface area contributed by atoms with E-state index in [1.807, 2.05) is 41.9 Å². The molecule has 0 bridgehead atoms. The first-order valence-electron chi connectivity index (χ1n) is 9.83. The SMILES string of the molecule is CC.CNCCOC(C)(OCCNC(=O)C[N+](C)(C)CC(C)=O)C(C)(C)C. The molecular weight excluding hydrogens is 346 g/mol. The summed E-state index contributed by atoms with van der Waals surface area (Å²) in [7, 11) is 5.60. The van der Waals surface area contributed by atoms with Gasteiger partial charge in [-0.05, 0) is 14.0 Å². The van der Waals surface area contributed by atoms with Crippen molar-refractivity contribution in [3.63, 3.8) is 0 Å². The Morgan fingerprint density at radius 1 is 0.926 bits per heavy atom. The van der Waals surface area contributed by atoms with E-state index in [1.165, 1.54) is 6.92 Å². The summed E-state index contributed by atoms with van der Waals surface area (Å²) in [5.41, 5.74) is -0.203. The van der Waals surface area contributed by atoms with E-state index in [0.29, 0.717) is 30.8 Å². The average Bonchev–Trinajstić information content (AvgIpc) is 2.51. The molecule has 1 atom stereocenters. The van der Waals surface area contributed by atoms with Gasteiger partial charge in [0, 0.05) is 25.4 Å². The topological polar surface area (TPSA) is 76.7 Å². The van der Waals surface area contributed by atoms with Crippen molar-refractivity contribution in [3.8, 4) is 0 Å². The maximum absolute atomic E-state index is 12.0. The van der Waals surface area contributed by atoms with Crippen LogP contribution in [0.25, 0.3) is 0 Å². The van der Waals surface area contributed by atoms with Crippen LogP contribution in [0, 0.1) is 5.41 Å². The van der Waals surface area contributed by atoms with E-state index in [-0.39, 0.29) is 23.7 Å². The number of carbonyl (C=O) groups is 2. The molecule has 2 N–H and O–H groups in total. The van der Waals surface area contributed by atoms with Gasteiger partial charge in [0.05, 0.1) is 27.3 Å². The van der Waals surface area contributed by atoms with Crippen molar-refractivity contribution < 1.29 is 23.5 Å². The lowest BCUT2D eigenvalue weighted by Gasteiger charge is -2.41. The molecule has 0 aliphatic heterocycles. The number of ketones is 1. The summed E-state index contributed by atoms with van der Waals surface area (Å²) in [5.74, 6) is -0.761. The summed E-state index contributed by atoms with van der Waals surface area (Å²) in [4.78, 5) is 23.3. The fourth-order valence-electron chi connectivity index (χ4n) is 2.36. The van der Waals surface area contributed by atoms with Crippen LogP contribution in [0.2, 0.25) is 0 Å². The van der Waals surface area contributed by atoms with Crippen molar-refractivity contribution in [2.45, 2.75) is 54.3 Å². The predicted octanol–water partition coefficient (Wildman–Crippen LogP) is 1.81. The van der Waals surface area contributed by atoms with Crippen LogP contribution in [0.15, 0.2) is 0 Å². The molecule has 0 aromatic heterocycles. The van der Waals surface area contributed by atoms with Crippen molar-refractivity contribution in [2.75, 3.05) is 60.5 Å². The van der Waals surface area contributed by atoms with Crippen LogP contribution in [0.4, 0.5) is 0 Å². The average molecular weight is 391 g/mol. The maximum atomic E-state index is 12.0. The van der Waals surface area contributed by atoms with Gasteiger partial charge in [-0.2, -0.15) is 0 Å². The van der Waals surface area contributed by atoms with E-state index in [9.17, 15) is 9.59 Å². The highest BCUT2D eigenvalue weighted by Gasteiger charge is 2.39. The van der Waals surface area contributed by atoms with E-state index < -0.39 is 5.79 Å². The van der Waals surface area contributed by atoms with E-state index in [2.05, 4.69) is 31.4 Å². The highest BCUT2D eigenvalue weighted by Crippen LogP contribution is 2.34. The third-order valence-corrected chi connectivity index (χ3v) is 4.12. The summed E-state index contributed by atoms with van der Waals surface area (Å²) in [6, 6.07) is 0. The third kappa shape index (κ3) is 12.9. The Hall–Kier alpha value is -1.02. The number of likely N-dealkylation sites (N-methyl/N-ethyl adjacent to an activating group) is 2. The molecule has 0 saturated carbocycles. The van der Waals surface area contributed by atoms with Crippen LogP contribution in [0.5, 0.6) is 0 Å². The van der Waals surface area contributed by atoms with Crippen molar-refractivity contribution in [3.05, 3.63) is 0 Å². The standard InChI is InChI=1S/C18H37N3O4.C2H6/c1-15(22)13-21(7,8)14-16(23)20-10-12-25-18(5,17(2,3)4)24-11-9-19-6;1-2/h19H,9-14H2,1-8H3;1-2H3/p+1. The molecule has 1 amide bonds. The molecule has 0 spiro atoms. The smallest absolute Gasteiger partial charge is 0.275 e. The van der Waals surface area contributed by atoms with Crippen LogP contribution < -0.4 is 10.6 Å². The summed E-state index contributed by atoms with van der Waals surface area (Å²) in [6.45, 7) is 16.3. The molecule has 162 valence electrons. The fourth-order valence-corrected chi connectivity index (χ4v) is 2.36. The second-order valence-corrected chi connectivity index (χ2v) is 8.30. The van der Waals surface area contributed by atoms with Gasteiger partial charge in [0.15, 0.2) is 18.1 Å². The number of ether oxygens (including phenoxy) is 2. The Morgan fingerprint density at radius 2 is 1.41 bits per heavy atom. The molecule has 0 fully saturated rings. The molecule has 0 heterocycles. The molecule has 0 aromatic rings. The van der Waals surface area contributed by atoms with Gasteiger partial charge in [-0.1, -0.05) is 34.6 Å². The normalized spacial score (nSPS) is 14.0. The second-order valence-electron chi connectivity index (χ2n) is 8.30. The molecule has 7 heteroatoms. The molecule has 0 aliphatic carbocycles. The number of quaternary nitrogens is 1. The van der Waals surface area contributed by atoms with Gasteiger partial charge in [0.1, 0.15) is 6.54 Å². The number of amides is 1. The Kier molecular flexibility index (Phi) is 13.8. The van der Waals surface area contributed by atoms with E-state index in [0.717, 1.165) is 6.54 Å². The quantitative estimate of drug-likeness (QED) is 0.302. The maximum Gasteiger partial charge on any atom is 0.275 e. The summed E-state index contributed by atoms with van der Waals surface area (Å²) < 4.78 is 12.2. The number of Topliss-reactive ketones (excluding diaryl/α,β-unsaturated/α-hetero) is 1. The number of hydrogen-bond donors (Lipinski definition) is 2. The lowest BCUT2D eigenvalue weighted by Crippen LogP contribution is -2.51. The first-order valence-corrected chi connectivity index (χ1v) is 9.83. The minimum atomic E-state index is -0.738. The summed E-state index contributed by atoms with van der Waals surface area (Å²) in [5, 5.41) is 5.89. The molecule has 0 aliphatic rings. The monoisotopic (exact) mass is 390 g/mol. The van der Waals surface area contributed by atoms with Gasteiger partial charge in [-0.15, -0.1) is 0 Å². The molecule has 7 nitrogen and oxygen atoms in total. The first-order chi connectivity index (χ1) is 12.3. The molecular formula is C20H44N3O4+. The number of hydrogen-bond acceptors (Lipinski definition) is 5. The van der Waals surface area contributed by atoms with E-state index in [1.54, 1.807) is 0 Å². The zero-order valence-corrected chi connectivity index (χ0v) is 19.3. The zero-order chi connectivity index (χ0) is 21.7. The van der Waals surface area contributed by atoms with Crippen LogP contribution >= 0.6 is 0 Å². The van der Waals surface area contributed by atoms with Crippen LogP contribution in [0.3, 0.4) is 0 Å². The van der Waals surface area contributed by atoms with Gasteiger partial charge < -0.3 is 24.6 Å². The van der Waals surface area contributed by atoms with E-state index in [4.69, 9.17) is 9.47 Å². The summed E-state index contributed by atoms with van der Waals surface area (Å²) in [6.07, 6.45) is 0. The first kappa shape index (κ1) is 28.2. The van der Waals surface area contributed by atoms with Crippen molar-refractivity contribution in [1.82, 2.24) is 10.6 Å². The minimum Gasteiger partial charge on any atom is -0.349 e. The van der Waals surface area contributed by atoms with Crippen LogP contribution in [0.1, 0.15) is 48.5 Å². The van der Waals surface area contributed by atoms with Crippen molar-refractivity contribution in [2.24, 2.45) is 5.41 Å². The molecule has 27 heavy (non-hydrogen) atoms. The highest BCUT2D eigenvalue weighted by molar-refractivity contribution is 5.79. The molecule has 0 rings (SSSR count). The zero-order valence-electron chi connectivity index (χ0n) is 19.3. The van der Waals surface area contributed by atoms with Gasteiger partial charge in [-0.3, -0.25) is 9.59 Å². The molecule has 0 radical (unpaired) electrons. The van der Waals surface area contributed by atoms with Gasteiger partial charge >= 0.3 is 0 Å². The number of nitrogens with one attached hydrogen (secondary N) is 2. The minimum absolute atomic E-state index is 0.0702. The fraction of sp³-hybridized carbons (Fsp3) is 0.900. The van der Waals surface area contributed by atoms with Gasteiger partial charge in [0.25, 0.3) is 5.91 Å². The largest absolute Gasteiger partial charge is 0.349 e. The van der Waals surface area contributed by atoms with Crippen molar-refractivity contribution >= 4 is 11.7 Å². The lowest BCUT2D eigenvalue weighted by molar-refractivity contribution is -0.874. The highest BCUT2D eigenvalue weighted by atomic mass is 16.7. The molecule has 0 saturated heterocycles. The van der Waals surface area contributed by atoms with Crippen LogP contribution in [-0.4, -0.2) is 82.5 Å². The number of carbonyl (C=O) groups excluding carboxylic acids is 2. The predicted molar refractivity (Wildman–Crippen MR) is 111 cm³/mol.